The minimum absolute atomic E-state index is 0.0157. The van der Waals surface area contributed by atoms with Crippen LogP contribution in [0.3, 0.4) is 0 Å². The molecule has 1 unspecified atom stereocenters. The monoisotopic (exact) mass is 544 g/mol. The zero-order valence-corrected chi connectivity index (χ0v) is 24.0. The van der Waals surface area contributed by atoms with Crippen molar-refractivity contribution in [1.29, 1.82) is 0 Å². The zero-order valence-electron chi connectivity index (χ0n) is 24.0. The molecule has 0 bridgehead atoms. The number of barbiturate groups is 1. The first-order valence-electron chi connectivity index (χ1n) is 14.6. The highest BCUT2D eigenvalue weighted by Gasteiger charge is 2.54. The third-order valence-corrected chi connectivity index (χ3v) is 9.14. The summed E-state index contributed by atoms with van der Waals surface area (Å²) in [6, 6.07) is 12.2. The Morgan fingerprint density at radius 3 is 2.52 bits per heavy atom. The Labute approximate surface area is 236 Å². The number of nitrogens with zero attached hydrogens (tertiary/aromatic N) is 1. The van der Waals surface area contributed by atoms with E-state index in [1.54, 1.807) is 31.2 Å². The highest BCUT2D eigenvalue weighted by atomic mass is 16.5. The van der Waals surface area contributed by atoms with Gasteiger partial charge in [0, 0.05) is 17.4 Å². The van der Waals surface area contributed by atoms with E-state index >= 15 is 0 Å². The molecule has 40 heavy (non-hydrogen) atoms. The number of phenols is 1. The molecule has 2 heterocycles. The lowest BCUT2D eigenvalue weighted by atomic mass is 9.66. The van der Waals surface area contributed by atoms with Gasteiger partial charge in [-0.2, -0.15) is 0 Å². The van der Waals surface area contributed by atoms with Crippen LogP contribution >= 0.6 is 0 Å². The molecule has 3 aliphatic rings. The van der Waals surface area contributed by atoms with Crippen molar-refractivity contribution in [1.82, 2.24) is 10.2 Å². The largest absolute Gasteiger partial charge is 0.508 e. The second-order valence-corrected chi connectivity index (χ2v) is 12.0. The summed E-state index contributed by atoms with van der Waals surface area (Å²) in [5.41, 5.74) is 1.51. The van der Waals surface area contributed by atoms with E-state index in [2.05, 4.69) is 38.2 Å². The Morgan fingerprint density at radius 1 is 1.07 bits per heavy atom. The number of unbranched alkanes of at least 4 members (excludes halogenated alkanes) is 2. The van der Waals surface area contributed by atoms with Gasteiger partial charge in [0.25, 0.3) is 5.91 Å². The number of allylic oxidation sites excluding steroid dienone is 1. The van der Waals surface area contributed by atoms with Crippen molar-refractivity contribution in [3.8, 4) is 11.5 Å². The molecule has 3 atom stereocenters. The number of ether oxygens (including phenoxy) is 1. The van der Waals surface area contributed by atoms with Gasteiger partial charge >= 0.3 is 6.03 Å². The number of fused-ring (bicyclic) bond motifs is 3. The highest BCUT2D eigenvalue weighted by Crippen LogP contribution is 2.54. The number of benzene rings is 2. The first-order valence-corrected chi connectivity index (χ1v) is 14.6. The second kappa shape index (κ2) is 10.8. The minimum Gasteiger partial charge on any atom is -0.508 e. The molecule has 0 aromatic heterocycles. The van der Waals surface area contributed by atoms with Crippen LogP contribution in [0.4, 0.5) is 4.79 Å². The minimum atomic E-state index is -1.45. The molecular weight excluding hydrogens is 504 g/mol. The van der Waals surface area contributed by atoms with E-state index in [0.29, 0.717) is 18.4 Å². The standard InChI is InChI=1S/C33H40N2O5/c1-5-7-9-12-21-18-26(36)28-24-17-22(15-16-25(24)32(3,4)40-27(28)19-21)20-35-30(38)33(6-2,29(37)34-31(35)39)23-13-10-8-11-14-23/h8,10-11,13-15,18-19,24-25,36H,5-7,9,12,16-17,20H2,1-4H3,(H,34,37,39)/t24-,25-,33?/m1/s1. The Morgan fingerprint density at radius 2 is 1.82 bits per heavy atom. The van der Waals surface area contributed by atoms with Crippen LogP contribution in [-0.4, -0.2) is 40.0 Å². The summed E-state index contributed by atoms with van der Waals surface area (Å²) < 4.78 is 6.48. The van der Waals surface area contributed by atoms with Gasteiger partial charge < -0.3 is 9.84 Å². The summed E-state index contributed by atoms with van der Waals surface area (Å²) in [7, 11) is 0. The maximum absolute atomic E-state index is 13.9. The first-order chi connectivity index (χ1) is 19.1. The van der Waals surface area contributed by atoms with Crippen LogP contribution in [0.2, 0.25) is 0 Å². The molecule has 5 rings (SSSR count). The van der Waals surface area contributed by atoms with Gasteiger partial charge in [-0.3, -0.25) is 19.8 Å². The SMILES string of the molecule is CCCCCc1cc(O)c2c(c1)OC(C)(C)[C@@H]1CC=C(CN3C(=O)NC(=O)C(CC)(c4ccccc4)C3=O)C[C@@H]21. The number of aryl methyl sites for hydroxylation is 1. The van der Waals surface area contributed by atoms with Crippen molar-refractivity contribution in [3.05, 3.63) is 70.8 Å². The average Bonchev–Trinajstić information content (AvgIpc) is 2.91. The number of carbonyl (C=O) groups is 3. The molecule has 0 saturated carbocycles. The van der Waals surface area contributed by atoms with Gasteiger partial charge in [0.05, 0.1) is 6.54 Å². The number of phenolic OH excluding ortho intramolecular Hbond substituents is 1. The van der Waals surface area contributed by atoms with E-state index in [9.17, 15) is 19.5 Å². The Balaban J connectivity index is 1.43. The quantitative estimate of drug-likeness (QED) is 0.236. The molecule has 7 nitrogen and oxygen atoms in total. The van der Waals surface area contributed by atoms with Crippen LogP contribution < -0.4 is 10.1 Å². The number of amides is 4. The first kappa shape index (κ1) is 27.9. The van der Waals surface area contributed by atoms with Gasteiger partial charge in [-0.15, -0.1) is 0 Å². The van der Waals surface area contributed by atoms with Gasteiger partial charge in [-0.25, -0.2) is 4.79 Å². The fourth-order valence-electron chi connectivity index (χ4n) is 6.90. The molecule has 7 heteroatoms. The smallest absolute Gasteiger partial charge is 0.331 e. The van der Waals surface area contributed by atoms with Gasteiger partial charge in [0.15, 0.2) is 5.41 Å². The molecule has 1 saturated heterocycles. The van der Waals surface area contributed by atoms with Crippen LogP contribution in [0, 0.1) is 5.92 Å². The topological polar surface area (TPSA) is 95.9 Å². The highest BCUT2D eigenvalue weighted by molar-refractivity contribution is 6.22. The summed E-state index contributed by atoms with van der Waals surface area (Å²) >= 11 is 0. The van der Waals surface area contributed by atoms with Crippen molar-refractivity contribution >= 4 is 17.8 Å². The van der Waals surface area contributed by atoms with Crippen LogP contribution in [0.25, 0.3) is 0 Å². The molecule has 4 amide bonds. The predicted octanol–water partition coefficient (Wildman–Crippen LogP) is 6.14. The molecule has 1 aliphatic carbocycles. The molecule has 0 spiro atoms. The Bertz CT molecular complexity index is 1350. The summed E-state index contributed by atoms with van der Waals surface area (Å²) in [4.78, 5) is 41.2. The van der Waals surface area contributed by atoms with E-state index in [1.807, 2.05) is 12.1 Å². The van der Waals surface area contributed by atoms with Gasteiger partial charge in [-0.05, 0) is 69.2 Å². The van der Waals surface area contributed by atoms with Crippen molar-refractivity contribution < 1.29 is 24.2 Å². The van der Waals surface area contributed by atoms with Crippen LogP contribution in [-0.2, 0) is 21.4 Å². The van der Waals surface area contributed by atoms with E-state index in [0.717, 1.165) is 48.1 Å². The molecule has 1 fully saturated rings. The van der Waals surface area contributed by atoms with Gasteiger partial charge in [0.2, 0.25) is 5.91 Å². The van der Waals surface area contributed by atoms with Crippen molar-refractivity contribution in [2.75, 3.05) is 6.54 Å². The lowest BCUT2D eigenvalue weighted by molar-refractivity contribution is -0.145. The number of aromatic hydroxyl groups is 1. The number of rotatable bonds is 8. The third kappa shape index (κ3) is 4.69. The summed E-state index contributed by atoms with van der Waals surface area (Å²) in [6.07, 6.45) is 7.85. The van der Waals surface area contributed by atoms with Crippen molar-refractivity contribution in [2.24, 2.45) is 5.92 Å². The lowest BCUT2D eigenvalue weighted by Crippen LogP contribution is -2.66. The lowest BCUT2D eigenvalue weighted by Gasteiger charge is -2.47. The molecular formula is C33H40N2O5. The molecule has 2 aromatic carbocycles. The zero-order chi connectivity index (χ0) is 28.7. The maximum atomic E-state index is 13.9. The van der Waals surface area contributed by atoms with Gasteiger partial charge in [-0.1, -0.05) is 68.7 Å². The summed E-state index contributed by atoms with van der Waals surface area (Å²) in [6.45, 7) is 8.25. The number of hydrogen-bond donors (Lipinski definition) is 2. The van der Waals surface area contributed by atoms with E-state index in [-0.39, 0.29) is 30.6 Å². The number of imide groups is 2. The van der Waals surface area contributed by atoms with Crippen LogP contribution in [0.15, 0.2) is 54.1 Å². The van der Waals surface area contributed by atoms with Crippen LogP contribution in [0.1, 0.15) is 88.8 Å². The third-order valence-electron chi connectivity index (χ3n) is 9.14. The van der Waals surface area contributed by atoms with E-state index in [1.165, 1.54) is 4.90 Å². The molecule has 2 N–H and O–H groups in total. The number of carbonyl (C=O) groups excluding carboxylic acids is 3. The predicted molar refractivity (Wildman–Crippen MR) is 153 cm³/mol. The van der Waals surface area contributed by atoms with Crippen LogP contribution in [0.5, 0.6) is 11.5 Å². The number of nitrogens with one attached hydrogen (secondary N) is 1. The molecule has 0 radical (unpaired) electrons. The summed E-state index contributed by atoms with van der Waals surface area (Å²) in [5.74, 6) is 0.0213. The average molecular weight is 545 g/mol. The number of hydrogen-bond acceptors (Lipinski definition) is 5. The fraction of sp³-hybridized carbons (Fsp3) is 0.485. The number of urea groups is 1. The van der Waals surface area contributed by atoms with E-state index in [4.69, 9.17) is 4.74 Å². The summed E-state index contributed by atoms with van der Waals surface area (Å²) in [5, 5.41) is 13.6. The molecule has 2 aromatic rings. The maximum Gasteiger partial charge on any atom is 0.331 e. The van der Waals surface area contributed by atoms with E-state index < -0.39 is 28.9 Å². The Hall–Kier alpha value is -3.61. The second-order valence-electron chi connectivity index (χ2n) is 12.0. The van der Waals surface area contributed by atoms with Gasteiger partial charge in [0.1, 0.15) is 17.1 Å². The normalized spacial score (nSPS) is 25.4. The fourth-order valence-corrected chi connectivity index (χ4v) is 6.90. The Kier molecular flexibility index (Phi) is 7.51. The van der Waals surface area contributed by atoms with Crippen molar-refractivity contribution in [2.45, 2.75) is 89.6 Å². The molecule has 212 valence electrons. The molecule has 2 aliphatic heterocycles. The van der Waals surface area contributed by atoms with Crippen molar-refractivity contribution in [3.63, 3.8) is 0 Å².